The number of benzene rings is 2. The molecule has 1 atom stereocenters. The predicted octanol–water partition coefficient (Wildman–Crippen LogP) is 2.83. The van der Waals surface area contributed by atoms with Crippen LogP contribution >= 0.6 is 0 Å². The Kier molecular flexibility index (Phi) is 4.39. The van der Waals surface area contributed by atoms with Gasteiger partial charge in [-0.2, -0.15) is 4.98 Å². The maximum absolute atomic E-state index is 13.1. The predicted molar refractivity (Wildman–Crippen MR) is 108 cm³/mol. The highest BCUT2D eigenvalue weighted by atomic mass is 16.7. The van der Waals surface area contributed by atoms with E-state index in [-0.39, 0.29) is 25.1 Å². The SMILES string of the molecule is Cc1ccc(-c2noc(CN3C(=O)N[C@@](C)(Cc4ccc5c(c4)OCO5)C3=O)n2)cc1. The molecule has 9 heteroatoms. The first-order valence-electron chi connectivity index (χ1n) is 9.83. The largest absolute Gasteiger partial charge is 0.454 e. The number of nitrogens with one attached hydrogen (secondary N) is 1. The van der Waals surface area contributed by atoms with Crippen LogP contribution in [0.4, 0.5) is 4.79 Å². The number of hydrogen-bond donors (Lipinski definition) is 1. The minimum absolute atomic E-state index is 0.0970. The van der Waals surface area contributed by atoms with Crippen molar-refractivity contribution in [2.45, 2.75) is 32.4 Å². The first kappa shape index (κ1) is 19.1. The van der Waals surface area contributed by atoms with Crippen LogP contribution in [0.5, 0.6) is 11.5 Å². The van der Waals surface area contributed by atoms with Crippen LogP contribution < -0.4 is 14.8 Å². The second kappa shape index (κ2) is 7.12. The topological polar surface area (TPSA) is 107 Å². The number of nitrogens with zero attached hydrogens (tertiary/aromatic N) is 3. The van der Waals surface area contributed by atoms with Gasteiger partial charge in [-0.1, -0.05) is 41.1 Å². The molecule has 1 aromatic heterocycles. The summed E-state index contributed by atoms with van der Waals surface area (Å²) in [5.41, 5.74) is 1.67. The fraction of sp³-hybridized carbons (Fsp3) is 0.273. The van der Waals surface area contributed by atoms with Gasteiger partial charge in [0, 0.05) is 12.0 Å². The van der Waals surface area contributed by atoms with Crippen molar-refractivity contribution in [2.24, 2.45) is 0 Å². The van der Waals surface area contributed by atoms with Crippen molar-refractivity contribution in [3.63, 3.8) is 0 Å². The average molecular weight is 420 g/mol. The molecule has 5 rings (SSSR count). The number of imide groups is 1. The molecule has 31 heavy (non-hydrogen) atoms. The third-order valence-corrected chi connectivity index (χ3v) is 5.41. The minimum Gasteiger partial charge on any atom is -0.454 e. The van der Waals surface area contributed by atoms with E-state index in [9.17, 15) is 9.59 Å². The lowest BCUT2D eigenvalue weighted by atomic mass is 9.92. The summed E-state index contributed by atoms with van der Waals surface area (Å²) in [6.45, 7) is 3.77. The van der Waals surface area contributed by atoms with Crippen LogP contribution in [0.1, 0.15) is 23.9 Å². The van der Waals surface area contributed by atoms with E-state index < -0.39 is 11.6 Å². The molecule has 1 N–H and O–H groups in total. The second-order valence-corrected chi connectivity index (χ2v) is 7.90. The molecule has 2 aromatic carbocycles. The Labute approximate surface area is 177 Å². The normalized spacial score (nSPS) is 19.7. The van der Waals surface area contributed by atoms with E-state index >= 15 is 0 Å². The highest BCUT2D eigenvalue weighted by molar-refractivity contribution is 6.06. The Bertz CT molecular complexity index is 1170. The molecule has 0 unspecified atom stereocenters. The van der Waals surface area contributed by atoms with Crippen molar-refractivity contribution in [2.75, 3.05) is 6.79 Å². The third-order valence-electron chi connectivity index (χ3n) is 5.41. The van der Waals surface area contributed by atoms with Gasteiger partial charge in [-0.15, -0.1) is 0 Å². The Balaban J connectivity index is 1.31. The van der Waals surface area contributed by atoms with Crippen molar-refractivity contribution in [1.29, 1.82) is 0 Å². The number of fused-ring (bicyclic) bond motifs is 1. The number of hydrogen-bond acceptors (Lipinski definition) is 7. The highest BCUT2D eigenvalue weighted by Crippen LogP contribution is 2.34. The number of aromatic nitrogens is 2. The molecular weight excluding hydrogens is 400 g/mol. The van der Waals surface area contributed by atoms with E-state index in [1.54, 1.807) is 13.0 Å². The molecule has 0 spiro atoms. The molecule has 0 aliphatic carbocycles. The number of amides is 3. The van der Waals surface area contributed by atoms with Crippen LogP contribution in [0, 0.1) is 6.92 Å². The van der Waals surface area contributed by atoms with E-state index in [0.717, 1.165) is 21.6 Å². The smallest absolute Gasteiger partial charge is 0.325 e. The van der Waals surface area contributed by atoms with E-state index in [0.29, 0.717) is 23.7 Å². The van der Waals surface area contributed by atoms with Crippen LogP contribution in [-0.4, -0.2) is 39.3 Å². The summed E-state index contributed by atoms with van der Waals surface area (Å²) in [6.07, 6.45) is 0.309. The second-order valence-electron chi connectivity index (χ2n) is 7.90. The highest BCUT2D eigenvalue weighted by Gasteiger charge is 2.48. The molecule has 3 aromatic rings. The Morgan fingerprint density at radius 2 is 1.87 bits per heavy atom. The molecule has 1 saturated heterocycles. The van der Waals surface area contributed by atoms with Gasteiger partial charge in [-0.05, 0) is 31.5 Å². The van der Waals surface area contributed by atoms with Gasteiger partial charge in [0.25, 0.3) is 5.91 Å². The summed E-state index contributed by atoms with van der Waals surface area (Å²) in [6, 6.07) is 12.7. The van der Waals surface area contributed by atoms with Gasteiger partial charge >= 0.3 is 6.03 Å². The zero-order valence-electron chi connectivity index (χ0n) is 17.0. The lowest BCUT2D eigenvalue weighted by Gasteiger charge is -2.21. The molecule has 1 fully saturated rings. The molecule has 3 amide bonds. The van der Waals surface area contributed by atoms with Crippen LogP contribution in [0.25, 0.3) is 11.4 Å². The zero-order valence-corrected chi connectivity index (χ0v) is 17.0. The number of aryl methyl sites for hydroxylation is 1. The molecule has 9 nitrogen and oxygen atoms in total. The Hall–Kier alpha value is -3.88. The number of carbonyl (C=O) groups excluding carboxylic acids is 2. The van der Waals surface area contributed by atoms with Gasteiger partial charge in [0.05, 0.1) is 0 Å². The lowest BCUT2D eigenvalue weighted by molar-refractivity contribution is -0.131. The fourth-order valence-corrected chi connectivity index (χ4v) is 3.74. The van der Waals surface area contributed by atoms with Crippen molar-refractivity contribution in [3.05, 3.63) is 59.5 Å². The molecule has 2 aliphatic rings. The molecule has 158 valence electrons. The molecule has 0 bridgehead atoms. The molecule has 3 heterocycles. The van der Waals surface area contributed by atoms with Gasteiger partial charge in [-0.25, -0.2) is 4.79 Å². The Morgan fingerprint density at radius 3 is 2.68 bits per heavy atom. The Morgan fingerprint density at radius 1 is 1.10 bits per heavy atom. The lowest BCUT2D eigenvalue weighted by Crippen LogP contribution is -2.45. The summed E-state index contributed by atoms with van der Waals surface area (Å²) in [5, 5.41) is 6.75. The third kappa shape index (κ3) is 3.48. The van der Waals surface area contributed by atoms with Gasteiger partial charge < -0.3 is 19.3 Å². The van der Waals surface area contributed by atoms with Crippen LogP contribution in [0.2, 0.25) is 0 Å². The quantitative estimate of drug-likeness (QED) is 0.633. The summed E-state index contributed by atoms with van der Waals surface area (Å²) < 4.78 is 16.0. The van der Waals surface area contributed by atoms with Crippen molar-refractivity contribution in [3.8, 4) is 22.9 Å². The average Bonchev–Trinajstić information content (AvgIpc) is 3.44. The summed E-state index contributed by atoms with van der Waals surface area (Å²) in [7, 11) is 0. The first-order valence-corrected chi connectivity index (χ1v) is 9.83. The monoisotopic (exact) mass is 420 g/mol. The van der Waals surface area contributed by atoms with Crippen molar-refractivity contribution < 1.29 is 23.6 Å². The first-order chi connectivity index (χ1) is 14.9. The minimum atomic E-state index is -1.09. The summed E-state index contributed by atoms with van der Waals surface area (Å²) in [4.78, 5) is 31.1. The molecule has 0 saturated carbocycles. The molecule has 2 aliphatic heterocycles. The number of carbonyl (C=O) groups is 2. The van der Waals surface area contributed by atoms with Crippen LogP contribution in [-0.2, 0) is 17.8 Å². The van der Waals surface area contributed by atoms with Gasteiger partial charge in [0.1, 0.15) is 12.1 Å². The number of urea groups is 1. The van der Waals surface area contributed by atoms with Crippen LogP contribution in [0.15, 0.2) is 47.0 Å². The van der Waals surface area contributed by atoms with Crippen molar-refractivity contribution in [1.82, 2.24) is 20.4 Å². The maximum Gasteiger partial charge on any atom is 0.325 e. The number of rotatable bonds is 5. The van der Waals surface area contributed by atoms with Gasteiger partial charge in [0.2, 0.25) is 18.5 Å². The van der Waals surface area contributed by atoms with E-state index in [1.807, 2.05) is 43.3 Å². The maximum atomic E-state index is 13.1. The fourth-order valence-electron chi connectivity index (χ4n) is 3.74. The standard InChI is InChI=1S/C22H20N4O5/c1-13-3-6-15(7-4-13)19-23-18(31-25-19)11-26-20(27)22(2,24-21(26)28)10-14-5-8-16-17(9-14)30-12-29-16/h3-9H,10-12H2,1-2H3,(H,24,28)/t22-/m0/s1. The van der Waals surface area contributed by atoms with Crippen molar-refractivity contribution >= 4 is 11.9 Å². The van der Waals surface area contributed by atoms with E-state index in [1.165, 1.54) is 0 Å². The van der Waals surface area contributed by atoms with Gasteiger partial charge in [0.15, 0.2) is 11.5 Å². The van der Waals surface area contributed by atoms with Gasteiger partial charge in [-0.3, -0.25) is 9.69 Å². The summed E-state index contributed by atoms with van der Waals surface area (Å²) >= 11 is 0. The van der Waals surface area contributed by atoms with E-state index in [4.69, 9.17) is 14.0 Å². The van der Waals surface area contributed by atoms with Crippen LogP contribution in [0.3, 0.4) is 0 Å². The molecule has 0 radical (unpaired) electrons. The zero-order chi connectivity index (χ0) is 21.6. The van der Waals surface area contributed by atoms with E-state index in [2.05, 4.69) is 15.5 Å². The number of ether oxygens (including phenoxy) is 2. The summed E-state index contributed by atoms with van der Waals surface area (Å²) in [5.74, 6) is 1.53. The molecular formula is C22H20N4O5.